The number of hydrogen-bond acceptors (Lipinski definition) is 4. The van der Waals surface area contributed by atoms with Crippen LogP contribution in [0.2, 0.25) is 0 Å². The lowest BCUT2D eigenvalue weighted by atomic mass is 10.1. The van der Waals surface area contributed by atoms with E-state index in [2.05, 4.69) is 10.2 Å². The van der Waals surface area contributed by atoms with Crippen LogP contribution < -0.4 is 10.2 Å². The average molecular weight is 381 g/mol. The molecule has 0 aromatic heterocycles. The van der Waals surface area contributed by atoms with Crippen molar-refractivity contribution in [3.8, 4) is 0 Å². The Bertz CT molecular complexity index is 795. The number of benzene rings is 2. The van der Waals surface area contributed by atoms with Gasteiger partial charge in [-0.15, -0.1) is 0 Å². The number of rotatable bonds is 5. The van der Waals surface area contributed by atoms with E-state index in [1.165, 1.54) is 5.56 Å². The summed E-state index contributed by atoms with van der Waals surface area (Å²) in [5, 5.41) is 2.94. The zero-order chi connectivity index (χ0) is 19.9. The van der Waals surface area contributed by atoms with Gasteiger partial charge in [-0.1, -0.05) is 29.8 Å². The Morgan fingerprint density at radius 2 is 1.61 bits per heavy atom. The maximum absolute atomic E-state index is 12.2. The molecule has 2 amide bonds. The lowest BCUT2D eigenvalue weighted by Crippen LogP contribution is -2.49. The van der Waals surface area contributed by atoms with E-state index in [1.54, 1.807) is 4.90 Å². The molecular weight excluding hydrogens is 354 g/mol. The van der Waals surface area contributed by atoms with Gasteiger partial charge in [0.05, 0.1) is 13.0 Å². The van der Waals surface area contributed by atoms with E-state index in [0.29, 0.717) is 26.1 Å². The molecule has 2 aromatic rings. The molecule has 0 unspecified atom stereocenters. The van der Waals surface area contributed by atoms with Crippen molar-refractivity contribution in [2.24, 2.45) is 0 Å². The van der Waals surface area contributed by atoms with Crippen LogP contribution in [0.3, 0.4) is 0 Å². The van der Waals surface area contributed by atoms with Gasteiger partial charge in [-0.25, -0.2) is 4.79 Å². The largest absolute Gasteiger partial charge is 0.450 e. The fourth-order valence-electron chi connectivity index (χ4n) is 3.21. The lowest BCUT2D eigenvalue weighted by Gasteiger charge is -2.35. The van der Waals surface area contributed by atoms with E-state index in [9.17, 15) is 9.59 Å². The van der Waals surface area contributed by atoms with Gasteiger partial charge in [-0.05, 0) is 43.7 Å². The normalized spacial score (nSPS) is 13.9. The molecule has 3 rings (SSSR count). The number of anilines is 2. The summed E-state index contributed by atoms with van der Waals surface area (Å²) in [6, 6.07) is 15.8. The van der Waals surface area contributed by atoms with Crippen LogP contribution in [0.4, 0.5) is 16.2 Å². The summed E-state index contributed by atoms with van der Waals surface area (Å²) < 4.78 is 5.05. The topological polar surface area (TPSA) is 61.9 Å². The summed E-state index contributed by atoms with van der Waals surface area (Å²) in [5.41, 5.74) is 4.05. The first-order valence-electron chi connectivity index (χ1n) is 9.67. The summed E-state index contributed by atoms with van der Waals surface area (Å²) >= 11 is 0. The van der Waals surface area contributed by atoms with Gasteiger partial charge in [0.15, 0.2) is 0 Å². The minimum Gasteiger partial charge on any atom is -0.450 e. The van der Waals surface area contributed by atoms with Crippen LogP contribution in [0, 0.1) is 6.92 Å². The van der Waals surface area contributed by atoms with Gasteiger partial charge < -0.3 is 19.9 Å². The molecule has 0 saturated carbocycles. The van der Waals surface area contributed by atoms with Gasteiger partial charge >= 0.3 is 6.09 Å². The molecule has 1 aliphatic rings. The molecule has 6 nitrogen and oxygen atoms in total. The third-order valence-electron chi connectivity index (χ3n) is 4.81. The highest BCUT2D eigenvalue weighted by Gasteiger charge is 2.22. The van der Waals surface area contributed by atoms with E-state index >= 15 is 0 Å². The second kappa shape index (κ2) is 9.26. The zero-order valence-electron chi connectivity index (χ0n) is 16.5. The van der Waals surface area contributed by atoms with Crippen molar-refractivity contribution < 1.29 is 14.3 Å². The molecule has 1 fully saturated rings. The number of aryl methyl sites for hydroxylation is 1. The smallest absolute Gasteiger partial charge is 0.409 e. The zero-order valence-corrected chi connectivity index (χ0v) is 16.5. The molecule has 0 aliphatic carbocycles. The Labute approximate surface area is 166 Å². The summed E-state index contributed by atoms with van der Waals surface area (Å²) in [4.78, 5) is 28.0. The standard InChI is InChI=1S/C22H27N3O3/c1-3-28-22(27)25-14-12-24(13-15-25)20-10-8-19(9-11-20)23-21(26)16-18-6-4-17(2)5-7-18/h4-11H,3,12-16H2,1-2H3,(H,23,26). The van der Waals surface area contributed by atoms with Gasteiger partial charge in [0.25, 0.3) is 0 Å². The predicted molar refractivity (Wildman–Crippen MR) is 111 cm³/mol. The summed E-state index contributed by atoms with van der Waals surface area (Å²) in [6.07, 6.45) is 0.117. The van der Waals surface area contributed by atoms with Gasteiger partial charge in [-0.2, -0.15) is 0 Å². The number of carbonyl (C=O) groups excluding carboxylic acids is 2. The highest BCUT2D eigenvalue weighted by molar-refractivity contribution is 5.92. The summed E-state index contributed by atoms with van der Waals surface area (Å²) in [7, 11) is 0. The molecule has 1 aliphatic heterocycles. The maximum atomic E-state index is 12.2. The van der Waals surface area contributed by atoms with Gasteiger partial charge in [0.1, 0.15) is 0 Å². The van der Waals surface area contributed by atoms with Crippen molar-refractivity contribution in [2.75, 3.05) is 43.0 Å². The number of nitrogens with zero attached hydrogens (tertiary/aromatic N) is 2. The Morgan fingerprint density at radius 3 is 2.21 bits per heavy atom. The molecule has 2 aromatic carbocycles. The number of hydrogen-bond donors (Lipinski definition) is 1. The fraction of sp³-hybridized carbons (Fsp3) is 0.364. The molecule has 0 radical (unpaired) electrons. The third-order valence-corrected chi connectivity index (χ3v) is 4.81. The van der Waals surface area contributed by atoms with Gasteiger partial charge in [0, 0.05) is 37.6 Å². The second-order valence-corrected chi connectivity index (χ2v) is 6.93. The van der Waals surface area contributed by atoms with Crippen LogP contribution in [0.5, 0.6) is 0 Å². The Kier molecular flexibility index (Phi) is 6.53. The Hall–Kier alpha value is -3.02. The quantitative estimate of drug-likeness (QED) is 0.862. The molecule has 1 saturated heterocycles. The van der Waals surface area contributed by atoms with E-state index in [4.69, 9.17) is 4.74 Å². The number of amides is 2. The number of nitrogens with one attached hydrogen (secondary N) is 1. The average Bonchev–Trinajstić information content (AvgIpc) is 2.71. The number of ether oxygens (including phenoxy) is 1. The Balaban J connectivity index is 1.50. The molecule has 6 heteroatoms. The third kappa shape index (κ3) is 5.25. The molecule has 1 N–H and O–H groups in total. The van der Waals surface area contributed by atoms with Crippen LogP contribution in [-0.4, -0.2) is 49.7 Å². The lowest BCUT2D eigenvalue weighted by molar-refractivity contribution is -0.115. The summed E-state index contributed by atoms with van der Waals surface area (Å²) in [6.45, 7) is 7.06. The van der Waals surface area contributed by atoms with Crippen LogP contribution in [0.1, 0.15) is 18.1 Å². The van der Waals surface area contributed by atoms with E-state index in [-0.39, 0.29) is 12.0 Å². The first kappa shape index (κ1) is 19.7. The van der Waals surface area contributed by atoms with E-state index < -0.39 is 0 Å². The van der Waals surface area contributed by atoms with Crippen molar-refractivity contribution >= 4 is 23.4 Å². The van der Waals surface area contributed by atoms with E-state index in [0.717, 1.165) is 30.0 Å². The molecular formula is C22H27N3O3. The molecule has 148 valence electrons. The van der Waals surface area contributed by atoms with E-state index in [1.807, 2.05) is 62.4 Å². The van der Waals surface area contributed by atoms with Crippen molar-refractivity contribution in [2.45, 2.75) is 20.3 Å². The van der Waals surface area contributed by atoms with Gasteiger partial charge in [0.2, 0.25) is 5.91 Å². The number of carbonyl (C=O) groups is 2. The fourth-order valence-corrected chi connectivity index (χ4v) is 3.21. The first-order valence-corrected chi connectivity index (χ1v) is 9.67. The molecule has 0 atom stereocenters. The molecule has 0 spiro atoms. The minimum absolute atomic E-state index is 0.0281. The minimum atomic E-state index is -0.242. The molecule has 1 heterocycles. The SMILES string of the molecule is CCOC(=O)N1CCN(c2ccc(NC(=O)Cc3ccc(C)cc3)cc2)CC1. The van der Waals surface area contributed by atoms with Crippen molar-refractivity contribution in [1.29, 1.82) is 0 Å². The summed E-state index contributed by atoms with van der Waals surface area (Å²) in [5.74, 6) is -0.0281. The monoisotopic (exact) mass is 381 g/mol. The highest BCUT2D eigenvalue weighted by atomic mass is 16.6. The van der Waals surface area contributed by atoms with Crippen LogP contribution in [0.15, 0.2) is 48.5 Å². The van der Waals surface area contributed by atoms with Crippen molar-refractivity contribution in [3.05, 3.63) is 59.7 Å². The molecule has 0 bridgehead atoms. The van der Waals surface area contributed by atoms with Crippen LogP contribution >= 0.6 is 0 Å². The number of piperazine rings is 1. The van der Waals surface area contributed by atoms with Crippen LogP contribution in [-0.2, 0) is 16.0 Å². The predicted octanol–water partition coefficient (Wildman–Crippen LogP) is 3.45. The highest BCUT2D eigenvalue weighted by Crippen LogP contribution is 2.20. The van der Waals surface area contributed by atoms with Crippen LogP contribution in [0.25, 0.3) is 0 Å². The molecule has 28 heavy (non-hydrogen) atoms. The first-order chi connectivity index (χ1) is 13.5. The Morgan fingerprint density at radius 1 is 0.964 bits per heavy atom. The van der Waals surface area contributed by atoms with Crippen molar-refractivity contribution in [1.82, 2.24) is 4.90 Å². The second-order valence-electron chi connectivity index (χ2n) is 6.93. The van der Waals surface area contributed by atoms with Crippen molar-refractivity contribution in [3.63, 3.8) is 0 Å². The maximum Gasteiger partial charge on any atom is 0.409 e. The van der Waals surface area contributed by atoms with Gasteiger partial charge in [-0.3, -0.25) is 4.79 Å².